The third-order valence-electron chi connectivity index (χ3n) is 5.19. The Morgan fingerprint density at radius 3 is 2.33 bits per heavy atom. The maximum atomic E-state index is 12.1. The molecule has 0 aromatic heterocycles. The molecule has 1 unspecified atom stereocenters. The summed E-state index contributed by atoms with van der Waals surface area (Å²) in [5, 5.41) is 12.7. The van der Waals surface area contributed by atoms with Crippen LogP contribution in [0.1, 0.15) is 50.0 Å². The Hall–Kier alpha value is -2.37. The lowest BCUT2D eigenvalue weighted by Gasteiger charge is -2.28. The monoisotopic (exact) mass is 368 g/mol. The Labute approximate surface area is 161 Å². The summed E-state index contributed by atoms with van der Waals surface area (Å²) in [5.74, 6) is 1.52. The summed E-state index contributed by atoms with van der Waals surface area (Å²) in [6.07, 6.45) is 3.83. The van der Waals surface area contributed by atoms with Gasteiger partial charge in [-0.1, -0.05) is 18.9 Å². The summed E-state index contributed by atoms with van der Waals surface area (Å²) in [7, 11) is 1.71. The van der Waals surface area contributed by atoms with Gasteiger partial charge >= 0.3 is 0 Å². The van der Waals surface area contributed by atoms with Crippen molar-refractivity contribution in [3.8, 4) is 11.5 Å². The number of hydrogen-bond acceptors (Lipinski definition) is 4. The first-order chi connectivity index (χ1) is 13.0. The maximum absolute atomic E-state index is 12.1. The number of benzene rings is 2. The van der Waals surface area contributed by atoms with Gasteiger partial charge in [0.1, 0.15) is 17.7 Å². The molecule has 144 valence electrons. The van der Waals surface area contributed by atoms with Gasteiger partial charge in [0.05, 0.1) is 0 Å². The zero-order valence-electron chi connectivity index (χ0n) is 16.2. The lowest BCUT2D eigenvalue weighted by molar-refractivity contribution is -0.117. The van der Waals surface area contributed by atoms with E-state index in [0.717, 1.165) is 35.4 Å². The van der Waals surface area contributed by atoms with Gasteiger partial charge in [0.15, 0.2) is 0 Å². The van der Waals surface area contributed by atoms with Crippen LogP contribution in [0.3, 0.4) is 0 Å². The second-order valence-electron chi connectivity index (χ2n) is 7.13. The van der Waals surface area contributed by atoms with Crippen LogP contribution in [0.5, 0.6) is 11.5 Å². The minimum Gasteiger partial charge on any atom is -0.457 e. The molecule has 0 spiro atoms. The van der Waals surface area contributed by atoms with Crippen molar-refractivity contribution in [2.24, 2.45) is 0 Å². The molecule has 0 radical (unpaired) electrons. The van der Waals surface area contributed by atoms with Crippen LogP contribution in [0.25, 0.3) is 0 Å². The number of nitrogens with one attached hydrogen (secondary N) is 1. The van der Waals surface area contributed by atoms with Crippen LogP contribution >= 0.6 is 0 Å². The Balaban J connectivity index is 1.73. The topological polar surface area (TPSA) is 61.8 Å². The van der Waals surface area contributed by atoms with Crippen LogP contribution < -0.4 is 15.0 Å². The molecule has 1 amide bonds. The molecule has 1 aliphatic rings. The highest BCUT2D eigenvalue weighted by Crippen LogP contribution is 2.31. The molecular weight excluding hydrogens is 340 g/mol. The maximum Gasteiger partial charge on any atom is 0.224 e. The number of rotatable bonds is 6. The number of carbonyl (C=O) groups excluding carboxylic acids is 1. The van der Waals surface area contributed by atoms with Crippen molar-refractivity contribution in [3.63, 3.8) is 0 Å². The summed E-state index contributed by atoms with van der Waals surface area (Å²) >= 11 is 0. The minimum atomic E-state index is -0.688. The van der Waals surface area contributed by atoms with E-state index in [0.29, 0.717) is 11.8 Å². The Morgan fingerprint density at radius 1 is 1.15 bits per heavy atom. The number of aliphatic hydroxyl groups is 1. The fraction of sp³-hybridized carbons (Fsp3) is 0.409. The fourth-order valence-electron chi connectivity index (χ4n) is 3.80. The minimum absolute atomic E-state index is 0.0878. The molecule has 27 heavy (non-hydrogen) atoms. The zero-order valence-corrected chi connectivity index (χ0v) is 16.2. The average Bonchev–Trinajstić information content (AvgIpc) is 3.16. The highest BCUT2D eigenvalue weighted by molar-refractivity contribution is 5.92. The standard InChI is InChI=1S/C22H28N2O3/c1-15-14-20(12-13-21(15)22(26)23-3)27-19-10-8-18(9-11-19)24(16(2)25)17-6-4-5-7-17/h8-14,17,22-23,26H,4-7H2,1-3H3. The molecule has 0 aliphatic heterocycles. The molecule has 1 fully saturated rings. The number of aryl methyl sites for hydroxylation is 1. The van der Waals surface area contributed by atoms with Crippen LogP contribution in [-0.2, 0) is 4.79 Å². The van der Waals surface area contributed by atoms with E-state index in [1.165, 1.54) is 12.8 Å². The molecule has 1 saturated carbocycles. The normalized spacial score (nSPS) is 15.6. The molecule has 2 N–H and O–H groups in total. The van der Waals surface area contributed by atoms with E-state index in [1.54, 1.807) is 14.0 Å². The molecule has 2 aromatic carbocycles. The smallest absolute Gasteiger partial charge is 0.224 e. The van der Waals surface area contributed by atoms with E-state index in [4.69, 9.17) is 4.74 Å². The van der Waals surface area contributed by atoms with Gasteiger partial charge in [0.25, 0.3) is 0 Å². The van der Waals surface area contributed by atoms with Gasteiger partial charge in [-0.2, -0.15) is 0 Å². The molecule has 1 aliphatic carbocycles. The third kappa shape index (κ3) is 4.49. The average molecular weight is 368 g/mol. The quantitative estimate of drug-likeness (QED) is 0.747. The van der Waals surface area contributed by atoms with Gasteiger partial charge in [-0.15, -0.1) is 0 Å². The number of hydrogen-bond donors (Lipinski definition) is 2. The van der Waals surface area contributed by atoms with Crippen LogP contribution in [0.15, 0.2) is 42.5 Å². The van der Waals surface area contributed by atoms with Gasteiger partial charge in [0.2, 0.25) is 5.91 Å². The van der Waals surface area contributed by atoms with Gasteiger partial charge in [-0.05, 0) is 74.3 Å². The number of aliphatic hydroxyl groups excluding tert-OH is 1. The lowest BCUT2D eigenvalue weighted by Crippen LogP contribution is -2.37. The van der Waals surface area contributed by atoms with Crippen molar-refractivity contribution >= 4 is 11.6 Å². The highest BCUT2D eigenvalue weighted by atomic mass is 16.5. The van der Waals surface area contributed by atoms with E-state index in [1.807, 2.05) is 54.3 Å². The molecular formula is C22H28N2O3. The molecule has 0 heterocycles. The van der Waals surface area contributed by atoms with Crippen molar-refractivity contribution in [2.75, 3.05) is 11.9 Å². The van der Waals surface area contributed by atoms with Gasteiger partial charge in [-0.25, -0.2) is 0 Å². The van der Waals surface area contributed by atoms with E-state index in [-0.39, 0.29) is 5.91 Å². The second-order valence-corrected chi connectivity index (χ2v) is 7.13. The summed E-state index contributed by atoms with van der Waals surface area (Å²) in [4.78, 5) is 14.0. The Kier molecular flexibility index (Phi) is 6.14. The number of nitrogens with zero attached hydrogens (tertiary/aromatic N) is 1. The van der Waals surface area contributed by atoms with Gasteiger partial charge in [-0.3, -0.25) is 10.1 Å². The first-order valence-corrected chi connectivity index (χ1v) is 9.53. The molecule has 2 aromatic rings. The lowest BCUT2D eigenvalue weighted by atomic mass is 10.1. The van der Waals surface area contributed by atoms with E-state index >= 15 is 0 Å². The molecule has 3 rings (SSSR count). The van der Waals surface area contributed by atoms with Crippen molar-refractivity contribution in [1.29, 1.82) is 0 Å². The molecule has 0 saturated heterocycles. The van der Waals surface area contributed by atoms with Crippen LogP contribution in [0.4, 0.5) is 5.69 Å². The van der Waals surface area contributed by atoms with Crippen LogP contribution in [0, 0.1) is 6.92 Å². The highest BCUT2D eigenvalue weighted by Gasteiger charge is 2.25. The van der Waals surface area contributed by atoms with Crippen molar-refractivity contribution in [1.82, 2.24) is 5.32 Å². The predicted molar refractivity (Wildman–Crippen MR) is 107 cm³/mol. The Morgan fingerprint density at radius 2 is 1.78 bits per heavy atom. The third-order valence-corrected chi connectivity index (χ3v) is 5.19. The number of ether oxygens (including phenoxy) is 1. The number of amides is 1. The first kappa shape index (κ1) is 19.4. The van der Waals surface area contributed by atoms with Gasteiger partial charge < -0.3 is 14.7 Å². The second kappa shape index (κ2) is 8.55. The van der Waals surface area contributed by atoms with Crippen molar-refractivity contribution in [3.05, 3.63) is 53.6 Å². The molecule has 5 nitrogen and oxygen atoms in total. The first-order valence-electron chi connectivity index (χ1n) is 9.53. The van der Waals surface area contributed by atoms with E-state index in [2.05, 4.69) is 5.32 Å². The van der Waals surface area contributed by atoms with E-state index < -0.39 is 6.23 Å². The van der Waals surface area contributed by atoms with E-state index in [9.17, 15) is 9.90 Å². The largest absolute Gasteiger partial charge is 0.457 e. The summed E-state index contributed by atoms with van der Waals surface area (Å²) in [6, 6.07) is 13.6. The summed E-state index contributed by atoms with van der Waals surface area (Å²) in [6.45, 7) is 3.57. The van der Waals surface area contributed by atoms with Gasteiger partial charge in [0, 0.05) is 18.7 Å². The van der Waals surface area contributed by atoms with Crippen LogP contribution in [0.2, 0.25) is 0 Å². The summed E-state index contributed by atoms with van der Waals surface area (Å²) < 4.78 is 5.94. The Bertz CT molecular complexity index is 783. The number of anilines is 1. The van der Waals surface area contributed by atoms with Crippen molar-refractivity contribution in [2.45, 2.75) is 51.8 Å². The molecule has 5 heteroatoms. The SMILES string of the molecule is CNC(O)c1ccc(Oc2ccc(N(C(C)=O)C3CCCC3)cc2)cc1C. The molecule has 0 bridgehead atoms. The predicted octanol–water partition coefficient (Wildman–Crippen LogP) is 4.29. The molecule has 1 atom stereocenters. The number of carbonyl (C=O) groups is 1. The van der Waals surface area contributed by atoms with Crippen molar-refractivity contribution < 1.29 is 14.6 Å². The van der Waals surface area contributed by atoms with Crippen LogP contribution in [-0.4, -0.2) is 24.1 Å². The zero-order chi connectivity index (χ0) is 19.4. The summed E-state index contributed by atoms with van der Waals surface area (Å²) in [5.41, 5.74) is 2.70. The fourth-order valence-corrected chi connectivity index (χ4v) is 3.80.